The highest BCUT2D eigenvalue weighted by Crippen LogP contribution is 2.36. The summed E-state index contributed by atoms with van der Waals surface area (Å²) in [6.07, 6.45) is 8.41. The van der Waals surface area contributed by atoms with Gasteiger partial charge in [-0.25, -0.2) is 23.1 Å². The van der Waals surface area contributed by atoms with Gasteiger partial charge < -0.3 is 0 Å². The summed E-state index contributed by atoms with van der Waals surface area (Å²) in [5.74, 6) is -0.0574. The van der Waals surface area contributed by atoms with Crippen LogP contribution in [0.4, 0.5) is 0 Å². The third kappa shape index (κ3) is 6.21. The van der Waals surface area contributed by atoms with Crippen molar-refractivity contribution in [3.63, 3.8) is 0 Å². The molecule has 0 spiro atoms. The van der Waals surface area contributed by atoms with E-state index in [1.165, 1.54) is 6.33 Å². The molecule has 0 saturated heterocycles. The number of sulfonamides is 1. The van der Waals surface area contributed by atoms with E-state index in [9.17, 15) is 13.2 Å². The molecule has 6 rings (SSSR count). The van der Waals surface area contributed by atoms with Crippen LogP contribution in [0.3, 0.4) is 0 Å². The summed E-state index contributed by atoms with van der Waals surface area (Å²) in [5, 5.41) is 8.80. The Hall–Kier alpha value is -4.35. The van der Waals surface area contributed by atoms with Gasteiger partial charge in [-0.1, -0.05) is 42.8 Å². The van der Waals surface area contributed by atoms with Crippen molar-refractivity contribution in [3.05, 3.63) is 106 Å². The maximum Gasteiger partial charge on any atom is 0.245 e. The average molecular weight is 638 g/mol. The van der Waals surface area contributed by atoms with E-state index in [-0.39, 0.29) is 41.9 Å². The SMILES string of the molecule is CC[C@H]1Cc2ncccc2S(=O)(=O)N(Cc2cc([C@H](CC(=O)Cc3cncnc3)c3ccc4c(nnn4CC)c3C)ccc2C)C1. The molecule has 0 saturated carbocycles. The molecule has 0 aliphatic carbocycles. The van der Waals surface area contributed by atoms with Crippen LogP contribution in [0.15, 0.2) is 72.3 Å². The van der Waals surface area contributed by atoms with Gasteiger partial charge in [-0.05, 0) is 84.7 Å². The number of aryl methyl sites for hydroxylation is 3. The third-order valence-corrected chi connectivity index (χ3v) is 11.1. The highest BCUT2D eigenvalue weighted by atomic mass is 32.2. The van der Waals surface area contributed by atoms with Crippen LogP contribution >= 0.6 is 0 Å². The number of rotatable bonds is 10. The molecule has 1 aliphatic rings. The summed E-state index contributed by atoms with van der Waals surface area (Å²) >= 11 is 0. The minimum Gasteiger partial charge on any atom is -0.299 e. The lowest BCUT2D eigenvalue weighted by Crippen LogP contribution is -2.33. The molecule has 10 nitrogen and oxygen atoms in total. The van der Waals surface area contributed by atoms with Crippen molar-refractivity contribution in [2.45, 2.75) is 77.3 Å². The Kier molecular flexibility index (Phi) is 9.06. The average Bonchev–Trinajstić information content (AvgIpc) is 3.45. The monoisotopic (exact) mass is 637 g/mol. The number of nitrogens with zero attached hydrogens (tertiary/aromatic N) is 7. The second-order valence-corrected chi connectivity index (χ2v) is 14.1. The molecular weight excluding hydrogens is 598 g/mol. The minimum absolute atomic E-state index is 0.0589. The molecule has 238 valence electrons. The van der Waals surface area contributed by atoms with Crippen molar-refractivity contribution in [3.8, 4) is 0 Å². The van der Waals surface area contributed by atoms with Crippen molar-refractivity contribution < 1.29 is 13.2 Å². The topological polar surface area (TPSA) is 124 Å². The van der Waals surface area contributed by atoms with E-state index in [0.717, 1.165) is 50.8 Å². The smallest absolute Gasteiger partial charge is 0.245 e. The fourth-order valence-corrected chi connectivity index (χ4v) is 8.19. The van der Waals surface area contributed by atoms with Crippen LogP contribution in [-0.2, 0) is 40.7 Å². The Morgan fingerprint density at radius 3 is 2.63 bits per heavy atom. The third-order valence-electron chi connectivity index (χ3n) is 9.21. The number of hydrogen-bond acceptors (Lipinski definition) is 8. The predicted octanol–water partition coefficient (Wildman–Crippen LogP) is 5.36. The molecule has 3 aromatic heterocycles. The van der Waals surface area contributed by atoms with Crippen molar-refractivity contribution >= 4 is 26.8 Å². The molecule has 0 fully saturated rings. The molecule has 0 bridgehead atoms. The molecule has 4 heterocycles. The van der Waals surface area contributed by atoms with E-state index >= 15 is 0 Å². The normalized spacial score (nSPS) is 17.0. The van der Waals surface area contributed by atoms with E-state index in [2.05, 4.69) is 50.4 Å². The van der Waals surface area contributed by atoms with Gasteiger partial charge in [0.1, 0.15) is 22.5 Å². The maximum absolute atomic E-state index is 14.0. The molecule has 2 atom stereocenters. The van der Waals surface area contributed by atoms with E-state index in [0.29, 0.717) is 25.2 Å². The van der Waals surface area contributed by atoms with E-state index in [1.807, 2.05) is 37.6 Å². The molecule has 0 radical (unpaired) electrons. The lowest BCUT2D eigenvalue weighted by molar-refractivity contribution is -0.118. The van der Waals surface area contributed by atoms with Gasteiger partial charge in [0.05, 0.1) is 11.2 Å². The predicted molar refractivity (Wildman–Crippen MR) is 176 cm³/mol. The molecule has 2 aromatic carbocycles. The van der Waals surface area contributed by atoms with Gasteiger partial charge in [-0.15, -0.1) is 5.10 Å². The quantitative estimate of drug-likeness (QED) is 0.201. The fraction of sp³-hybridized carbons (Fsp3) is 0.371. The first kappa shape index (κ1) is 31.6. The number of fused-ring (bicyclic) bond motifs is 2. The van der Waals surface area contributed by atoms with Gasteiger partial charge in [0.2, 0.25) is 10.0 Å². The van der Waals surface area contributed by atoms with Crippen LogP contribution in [0.1, 0.15) is 71.7 Å². The largest absolute Gasteiger partial charge is 0.299 e. The summed E-state index contributed by atoms with van der Waals surface area (Å²) in [6.45, 7) is 9.52. The van der Waals surface area contributed by atoms with Gasteiger partial charge in [0.15, 0.2) is 0 Å². The molecule has 46 heavy (non-hydrogen) atoms. The standard InChI is InChI=1S/C35H39N7O3S/c1-5-25-15-32-34(8-7-13-38-32)46(44,45)41(20-25)21-28-16-27(10-9-23(28)3)31(17-29(43)14-26-18-36-22-37-19-26)30-11-12-33-35(24(30)4)39-40-42(33)6-2/h7-13,16,18-19,22,25,31H,5-6,14-15,17,20-21H2,1-4H3/t25-,31-/m0/s1. The Morgan fingerprint density at radius 1 is 1.07 bits per heavy atom. The highest BCUT2D eigenvalue weighted by molar-refractivity contribution is 7.89. The van der Waals surface area contributed by atoms with Crippen LogP contribution < -0.4 is 0 Å². The van der Waals surface area contributed by atoms with Crippen molar-refractivity contribution in [1.29, 1.82) is 0 Å². The van der Waals surface area contributed by atoms with Crippen molar-refractivity contribution in [2.24, 2.45) is 5.92 Å². The maximum atomic E-state index is 14.0. The number of Topliss-reactive ketones (excluding diaryl/α,β-unsaturated/α-hetero) is 1. The number of carbonyl (C=O) groups is 1. The Balaban J connectivity index is 1.40. The Morgan fingerprint density at radius 2 is 1.87 bits per heavy atom. The lowest BCUT2D eigenvalue weighted by atomic mass is 9.82. The first-order valence-corrected chi connectivity index (χ1v) is 17.2. The summed E-state index contributed by atoms with van der Waals surface area (Å²) in [5.41, 5.74) is 7.99. The van der Waals surface area contributed by atoms with Gasteiger partial charge in [-0.2, -0.15) is 4.31 Å². The molecule has 1 aliphatic heterocycles. The van der Waals surface area contributed by atoms with E-state index in [4.69, 9.17) is 0 Å². The Bertz CT molecular complexity index is 1990. The van der Waals surface area contributed by atoms with E-state index in [1.54, 1.807) is 35.0 Å². The van der Waals surface area contributed by atoms with Gasteiger partial charge in [-0.3, -0.25) is 9.78 Å². The summed E-state index contributed by atoms with van der Waals surface area (Å²) in [7, 11) is -3.76. The molecule has 0 N–H and O–H groups in total. The molecule has 11 heteroatoms. The van der Waals surface area contributed by atoms with Crippen LogP contribution in [0.2, 0.25) is 0 Å². The lowest BCUT2D eigenvalue weighted by Gasteiger charge is -2.25. The molecule has 5 aromatic rings. The Labute approximate surface area is 270 Å². The highest BCUT2D eigenvalue weighted by Gasteiger charge is 2.34. The second-order valence-electron chi connectivity index (χ2n) is 12.2. The summed E-state index contributed by atoms with van der Waals surface area (Å²) in [6, 6.07) is 13.6. The number of ketones is 1. The van der Waals surface area contributed by atoms with E-state index < -0.39 is 10.0 Å². The van der Waals surface area contributed by atoms with Gasteiger partial charge >= 0.3 is 0 Å². The number of aromatic nitrogens is 6. The van der Waals surface area contributed by atoms with Crippen molar-refractivity contribution in [2.75, 3.05) is 6.54 Å². The van der Waals surface area contributed by atoms with Crippen LogP contribution in [0, 0.1) is 19.8 Å². The zero-order valence-corrected chi connectivity index (χ0v) is 27.5. The number of hydrogen-bond donors (Lipinski definition) is 0. The molecule has 0 unspecified atom stereocenters. The van der Waals surface area contributed by atoms with Crippen molar-refractivity contribution in [1.82, 2.24) is 34.3 Å². The molecule has 0 amide bonds. The fourth-order valence-electron chi connectivity index (χ4n) is 6.52. The summed E-state index contributed by atoms with van der Waals surface area (Å²) in [4.78, 5) is 26.5. The second kappa shape index (κ2) is 13.2. The first-order chi connectivity index (χ1) is 22.2. The zero-order valence-electron chi connectivity index (χ0n) is 26.7. The molecular formula is C35H39N7O3S. The number of pyridine rings is 1. The zero-order chi connectivity index (χ0) is 32.4. The van der Waals surface area contributed by atoms with Crippen LogP contribution in [0.25, 0.3) is 11.0 Å². The minimum atomic E-state index is -3.76. The van der Waals surface area contributed by atoms with Gasteiger partial charge in [0.25, 0.3) is 0 Å². The number of carbonyl (C=O) groups excluding carboxylic acids is 1. The first-order valence-electron chi connectivity index (χ1n) is 15.8. The van der Waals surface area contributed by atoms with Crippen LogP contribution in [-0.4, -0.2) is 55.0 Å². The van der Waals surface area contributed by atoms with Crippen LogP contribution in [0.5, 0.6) is 0 Å². The number of benzene rings is 2. The summed E-state index contributed by atoms with van der Waals surface area (Å²) < 4.78 is 31.4. The van der Waals surface area contributed by atoms with Gasteiger partial charge in [0, 0.05) is 57.0 Å².